The molecule has 0 saturated carbocycles. The Morgan fingerprint density at radius 2 is 2.12 bits per heavy atom. The van der Waals surface area contributed by atoms with Crippen LogP contribution in [0, 0.1) is 0 Å². The fraction of sp³-hybridized carbons (Fsp3) is 0.571. The predicted octanol–water partition coefficient (Wildman–Crippen LogP) is 2.18. The van der Waals surface area contributed by atoms with E-state index in [1.807, 2.05) is 6.07 Å². The van der Waals surface area contributed by atoms with Crippen molar-refractivity contribution in [3.05, 3.63) is 23.8 Å². The summed E-state index contributed by atoms with van der Waals surface area (Å²) in [6.07, 6.45) is 5.55. The number of benzene rings is 1. The molecule has 0 atom stereocenters. The molecule has 3 nitrogen and oxygen atoms in total. The van der Waals surface area contributed by atoms with Crippen LogP contribution in [0.15, 0.2) is 18.2 Å². The van der Waals surface area contributed by atoms with Crippen LogP contribution in [-0.4, -0.2) is 24.8 Å². The third-order valence-electron chi connectivity index (χ3n) is 3.40. The summed E-state index contributed by atoms with van der Waals surface area (Å²) >= 11 is 0. The van der Waals surface area contributed by atoms with E-state index in [1.54, 1.807) is 0 Å². The molecule has 0 bridgehead atoms. The second-order valence-electron chi connectivity index (χ2n) is 4.76. The van der Waals surface area contributed by atoms with Gasteiger partial charge in [0.15, 0.2) is 0 Å². The fourth-order valence-corrected chi connectivity index (χ4v) is 2.52. The van der Waals surface area contributed by atoms with Crippen LogP contribution in [0.5, 0.6) is 0 Å². The third kappa shape index (κ3) is 3.13. The van der Waals surface area contributed by atoms with E-state index in [9.17, 15) is 0 Å². The van der Waals surface area contributed by atoms with Gasteiger partial charge in [-0.05, 0) is 55.9 Å². The zero-order chi connectivity index (χ0) is 12.1. The van der Waals surface area contributed by atoms with Crippen molar-refractivity contribution in [2.24, 2.45) is 0 Å². The monoisotopic (exact) mass is 234 g/mol. The van der Waals surface area contributed by atoms with E-state index in [-0.39, 0.29) is 0 Å². The molecule has 0 aliphatic carbocycles. The van der Waals surface area contributed by atoms with E-state index < -0.39 is 0 Å². The molecule has 0 saturated heterocycles. The Bertz CT molecular complexity index is 365. The van der Waals surface area contributed by atoms with Crippen molar-refractivity contribution in [1.29, 1.82) is 0 Å². The first-order valence-corrected chi connectivity index (χ1v) is 6.55. The molecule has 0 unspecified atom stereocenters. The first kappa shape index (κ1) is 12.2. The van der Waals surface area contributed by atoms with Crippen molar-refractivity contribution in [3.63, 3.8) is 0 Å². The highest BCUT2D eigenvalue weighted by molar-refractivity contribution is 5.61. The Balaban J connectivity index is 1.97. The quantitative estimate of drug-likeness (QED) is 0.606. The summed E-state index contributed by atoms with van der Waals surface area (Å²) in [6.45, 7) is 2.56. The maximum absolute atomic E-state index is 8.76. The number of aliphatic hydroxyl groups excluding tert-OH is 1. The van der Waals surface area contributed by atoms with Gasteiger partial charge in [0.25, 0.3) is 0 Å². The van der Waals surface area contributed by atoms with Crippen LogP contribution < -0.4 is 10.6 Å². The number of hydrogen-bond acceptors (Lipinski definition) is 3. The normalized spacial score (nSPS) is 14.8. The molecule has 0 aromatic heterocycles. The number of fused-ring (bicyclic) bond motifs is 1. The average molecular weight is 234 g/mol. The van der Waals surface area contributed by atoms with Gasteiger partial charge in [0.05, 0.1) is 0 Å². The maximum Gasteiger partial charge on any atom is 0.0431 e. The van der Waals surface area contributed by atoms with Crippen LogP contribution >= 0.6 is 0 Å². The zero-order valence-corrected chi connectivity index (χ0v) is 10.4. The van der Waals surface area contributed by atoms with Crippen molar-refractivity contribution < 1.29 is 5.11 Å². The summed E-state index contributed by atoms with van der Waals surface area (Å²) in [5.74, 6) is 0. The number of aliphatic hydroxyl groups is 1. The van der Waals surface area contributed by atoms with E-state index in [4.69, 9.17) is 10.8 Å². The van der Waals surface area contributed by atoms with E-state index in [1.165, 1.54) is 17.7 Å². The summed E-state index contributed by atoms with van der Waals surface area (Å²) in [5.41, 5.74) is 9.43. The van der Waals surface area contributed by atoms with Crippen LogP contribution in [0.25, 0.3) is 0 Å². The lowest BCUT2D eigenvalue weighted by Crippen LogP contribution is -2.30. The lowest BCUT2D eigenvalue weighted by molar-refractivity contribution is 0.283. The number of aryl methyl sites for hydroxylation is 1. The Labute approximate surface area is 103 Å². The van der Waals surface area contributed by atoms with Crippen LogP contribution in [0.1, 0.15) is 31.2 Å². The molecule has 17 heavy (non-hydrogen) atoms. The summed E-state index contributed by atoms with van der Waals surface area (Å²) in [7, 11) is 0. The minimum absolute atomic E-state index is 0.313. The highest BCUT2D eigenvalue weighted by Gasteiger charge is 2.15. The van der Waals surface area contributed by atoms with Gasteiger partial charge in [-0.15, -0.1) is 0 Å². The molecule has 2 rings (SSSR count). The van der Waals surface area contributed by atoms with Gasteiger partial charge in [0.1, 0.15) is 0 Å². The first-order chi connectivity index (χ1) is 8.31. The Morgan fingerprint density at radius 3 is 2.94 bits per heavy atom. The lowest BCUT2D eigenvalue weighted by atomic mass is 10.0. The van der Waals surface area contributed by atoms with E-state index in [0.717, 1.165) is 44.5 Å². The predicted molar refractivity (Wildman–Crippen MR) is 72.3 cm³/mol. The zero-order valence-electron chi connectivity index (χ0n) is 10.4. The number of nitrogens with zero attached hydrogens (tertiary/aromatic N) is 1. The summed E-state index contributed by atoms with van der Waals surface area (Å²) < 4.78 is 0. The Morgan fingerprint density at radius 1 is 1.24 bits per heavy atom. The highest BCUT2D eigenvalue weighted by Crippen LogP contribution is 2.28. The summed E-state index contributed by atoms with van der Waals surface area (Å²) in [6, 6.07) is 6.25. The lowest BCUT2D eigenvalue weighted by Gasteiger charge is -2.31. The standard InChI is InChI=1S/C14H22N2O/c15-13-6-7-14-12(11-13)5-4-9-16(14)8-2-1-3-10-17/h6-7,11,17H,1-5,8-10,15H2. The molecule has 1 aliphatic rings. The second-order valence-corrected chi connectivity index (χ2v) is 4.76. The van der Waals surface area contributed by atoms with Crippen molar-refractivity contribution in [3.8, 4) is 0 Å². The molecule has 0 radical (unpaired) electrons. The smallest absolute Gasteiger partial charge is 0.0431 e. The maximum atomic E-state index is 8.76. The average Bonchev–Trinajstić information content (AvgIpc) is 2.34. The second kappa shape index (κ2) is 5.92. The number of nitrogens with two attached hydrogens (primary N) is 1. The molecule has 3 heteroatoms. The molecule has 0 spiro atoms. The SMILES string of the molecule is Nc1ccc2c(c1)CCCN2CCCCCO. The fourth-order valence-electron chi connectivity index (χ4n) is 2.52. The van der Waals surface area contributed by atoms with Crippen molar-refractivity contribution in [2.45, 2.75) is 32.1 Å². The van der Waals surface area contributed by atoms with Crippen molar-refractivity contribution >= 4 is 11.4 Å². The van der Waals surface area contributed by atoms with Crippen LogP contribution in [0.4, 0.5) is 11.4 Å². The van der Waals surface area contributed by atoms with Gasteiger partial charge in [-0.2, -0.15) is 0 Å². The van der Waals surface area contributed by atoms with E-state index in [0.29, 0.717) is 6.61 Å². The molecule has 0 amide bonds. The van der Waals surface area contributed by atoms with Gasteiger partial charge in [0, 0.05) is 31.1 Å². The molecular weight excluding hydrogens is 212 g/mol. The summed E-state index contributed by atoms with van der Waals surface area (Å²) in [4.78, 5) is 2.45. The molecule has 94 valence electrons. The molecule has 1 aromatic rings. The molecule has 3 N–H and O–H groups in total. The largest absolute Gasteiger partial charge is 0.399 e. The number of nitrogen functional groups attached to an aromatic ring is 1. The highest BCUT2D eigenvalue weighted by atomic mass is 16.2. The van der Waals surface area contributed by atoms with Gasteiger partial charge in [-0.1, -0.05) is 0 Å². The molecule has 1 heterocycles. The van der Waals surface area contributed by atoms with E-state index in [2.05, 4.69) is 17.0 Å². The van der Waals surface area contributed by atoms with Crippen LogP contribution in [-0.2, 0) is 6.42 Å². The van der Waals surface area contributed by atoms with Crippen molar-refractivity contribution in [2.75, 3.05) is 30.3 Å². The van der Waals surface area contributed by atoms with Gasteiger partial charge in [-0.3, -0.25) is 0 Å². The Kier molecular flexibility index (Phi) is 4.26. The van der Waals surface area contributed by atoms with Crippen molar-refractivity contribution in [1.82, 2.24) is 0 Å². The number of unbranched alkanes of at least 4 members (excludes halogenated alkanes) is 2. The number of hydrogen-bond donors (Lipinski definition) is 2. The number of anilines is 2. The van der Waals surface area contributed by atoms with Gasteiger partial charge >= 0.3 is 0 Å². The minimum atomic E-state index is 0.313. The van der Waals surface area contributed by atoms with Gasteiger partial charge in [-0.25, -0.2) is 0 Å². The van der Waals surface area contributed by atoms with Crippen LogP contribution in [0.3, 0.4) is 0 Å². The molecule has 1 aliphatic heterocycles. The molecular formula is C14H22N2O. The Hall–Kier alpha value is -1.22. The van der Waals surface area contributed by atoms with Crippen LogP contribution in [0.2, 0.25) is 0 Å². The molecule has 1 aromatic carbocycles. The topological polar surface area (TPSA) is 49.5 Å². The van der Waals surface area contributed by atoms with Gasteiger partial charge < -0.3 is 15.7 Å². The van der Waals surface area contributed by atoms with Gasteiger partial charge in [0.2, 0.25) is 0 Å². The summed E-state index contributed by atoms with van der Waals surface area (Å²) in [5, 5.41) is 8.76. The minimum Gasteiger partial charge on any atom is -0.399 e. The van der Waals surface area contributed by atoms with E-state index >= 15 is 0 Å². The third-order valence-corrected chi connectivity index (χ3v) is 3.40. The first-order valence-electron chi connectivity index (χ1n) is 6.55. The molecule has 0 fully saturated rings. The number of rotatable bonds is 5.